The quantitative estimate of drug-likeness (QED) is 0.513. The summed E-state index contributed by atoms with van der Waals surface area (Å²) in [4.78, 5) is 38.2. The van der Waals surface area contributed by atoms with Crippen LogP contribution >= 0.6 is 0 Å². The minimum atomic E-state index is -0.457. The fraction of sp³-hybridized carbons (Fsp3) is 0.500. The molecule has 6 heteroatoms. The van der Waals surface area contributed by atoms with E-state index in [2.05, 4.69) is 4.98 Å². The first-order chi connectivity index (χ1) is 10.5. The Labute approximate surface area is 129 Å². The van der Waals surface area contributed by atoms with Gasteiger partial charge in [-0.15, -0.1) is 0 Å². The average Bonchev–Trinajstić information content (AvgIpc) is 2.52. The van der Waals surface area contributed by atoms with Gasteiger partial charge in [0.2, 0.25) is 0 Å². The second kappa shape index (κ2) is 9.65. The van der Waals surface area contributed by atoms with Crippen molar-refractivity contribution < 1.29 is 23.9 Å². The zero-order valence-corrected chi connectivity index (χ0v) is 12.9. The lowest BCUT2D eigenvalue weighted by atomic mass is 10.1. The van der Waals surface area contributed by atoms with Crippen LogP contribution in [0.1, 0.15) is 43.5 Å². The van der Waals surface area contributed by atoms with Crippen LogP contribution in [0, 0.1) is 5.92 Å². The molecule has 0 aliphatic heterocycles. The Morgan fingerprint density at radius 3 is 2.50 bits per heavy atom. The van der Waals surface area contributed by atoms with Crippen molar-refractivity contribution in [3.05, 3.63) is 30.1 Å². The van der Waals surface area contributed by atoms with Crippen molar-refractivity contribution in [3.8, 4) is 0 Å². The van der Waals surface area contributed by atoms with E-state index in [4.69, 9.17) is 9.47 Å². The van der Waals surface area contributed by atoms with Crippen molar-refractivity contribution in [2.75, 3.05) is 13.2 Å². The van der Waals surface area contributed by atoms with Gasteiger partial charge >= 0.3 is 11.9 Å². The Morgan fingerprint density at radius 1 is 1.14 bits per heavy atom. The molecule has 0 radical (unpaired) electrons. The van der Waals surface area contributed by atoms with Crippen LogP contribution in [0.15, 0.2) is 24.5 Å². The lowest BCUT2D eigenvalue weighted by Gasteiger charge is -2.07. The van der Waals surface area contributed by atoms with Crippen molar-refractivity contribution >= 4 is 17.7 Å². The number of hydrogen-bond acceptors (Lipinski definition) is 6. The van der Waals surface area contributed by atoms with Crippen LogP contribution in [0.5, 0.6) is 0 Å². The molecule has 0 aromatic carbocycles. The average molecular weight is 307 g/mol. The number of pyridine rings is 1. The third kappa shape index (κ3) is 6.97. The van der Waals surface area contributed by atoms with Crippen LogP contribution < -0.4 is 0 Å². The van der Waals surface area contributed by atoms with E-state index in [1.165, 1.54) is 6.20 Å². The highest BCUT2D eigenvalue weighted by atomic mass is 16.5. The Morgan fingerprint density at radius 2 is 1.86 bits per heavy atom. The number of ether oxygens (including phenoxy) is 2. The fourth-order valence-electron chi connectivity index (χ4n) is 1.56. The number of hydrogen-bond donors (Lipinski definition) is 0. The normalized spacial score (nSPS) is 10.3. The van der Waals surface area contributed by atoms with Crippen LogP contribution in [0.3, 0.4) is 0 Å². The molecular formula is C16H21NO5. The standard InChI is InChI=1S/C16H21NO5/c1-12(2)14(18)6-7-15(19)21-9-4-10-22-16(20)13-5-3-8-17-11-13/h3,5,8,11-12H,4,6-7,9-10H2,1-2H3. The second-order valence-corrected chi connectivity index (χ2v) is 5.07. The Bertz CT molecular complexity index is 499. The van der Waals surface area contributed by atoms with Gasteiger partial charge in [-0.2, -0.15) is 0 Å². The van der Waals surface area contributed by atoms with E-state index in [1.54, 1.807) is 32.2 Å². The number of esters is 2. The molecule has 6 nitrogen and oxygen atoms in total. The van der Waals surface area contributed by atoms with Crippen LogP contribution in [0.2, 0.25) is 0 Å². The number of ketones is 1. The molecule has 0 fully saturated rings. The molecule has 0 aliphatic carbocycles. The van der Waals surface area contributed by atoms with Gasteiger partial charge in [-0.3, -0.25) is 14.6 Å². The summed E-state index contributed by atoms with van der Waals surface area (Å²) in [6.07, 6.45) is 3.70. The molecule has 0 atom stereocenters. The Kier molecular flexibility index (Phi) is 7.81. The van der Waals surface area contributed by atoms with E-state index in [-0.39, 0.29) is 37.8 Å². The van der Waals surface area contributed by atoms with Crippen molar-refractivity contribution in [2.45, 2.75) is 33.1 Å². The van der Waals surface area contributed by atoms with E-state index in [1.807, 2.05) is 0 Å². The molecule has 1 heterocycles. The van der Waals surface area contributed by atoms with Gasteiger partial charge < -0.3 is 9.47 Å². The first-order valence-corrected chi connectivity index (χ1v) is 7.26. The molecule has 0 amide bonds. The zero-order valence-electron chi connectivity index (χ0n) is 12.9. The van der Waals surface area contributed by atoms with Crippen LogP contribution in [-0.4, -0.2) is 35.9 Å². The van der Waals surface area contributed by atoms with Crippen molar-refractivity contribution in [1.29, 1.82) is 0 Å². The molecule has 0 saturated heterocycles. The number of carbonyl (C=O) groups is 3. The Hall–Kier alpha value is -2.24. The smallest absolute Gasteiger partial charge is 0.339 e. The monoisotopic (exact) mass is 307 g/mol. The van der Waals surface area contributed by atoms with Gasteiger partial charge in [-0.1, -0.05) is 13.8 Å². The summed E-state index contributed by atoms with van der Waals surface area (Å²) >= 11 is 0. The van der Waals surface area contributed by atoms with Gasteiger partial charge in [0.05, 0.1) is 25.2 Å². The molecule has 0 bridgehead atoms. The maximum absolute atomic E-state index is 11.6. The molecule has 22 heavy (non-hydrogen) atoms. The number of Topliss-reactive ketones (excluding diaryl/α,β-unsaturated/α-hetero) is 1. The molecule has 0 aliphatic rings. The van der Waals surface area contributed by atoms with Gasteiger partial charge in [0.15, 0.2) is 0 Å². The topological polar surface area (TPSA) is 82.6 Å². The highest BCUT2D eigenvalue weighted by Crippen LogP contribution is 2.03. The summed E-state index contributed by atoms with van der Waals surface area (Å²) < 4.78 is 9.98. The fourth-order valence-corrected chi connectivity index (χ4v) is 1.56. The molecular weight excluding hydrogens is 286 g/mol. The van der Waals surface area contributed by atoms with Crippen molar-refractivity contribution in [1.82, 2.24) is 4.98 Å². The lowest BCUT2D eigenvalue weighted by molar-refractivity contribution is -0.145. The minimum Gasteiger partial charge on any atom is -0.466 e. The maximum atomic E-state index is 11.6. The van der Waals surface area contributed by atoms with Gasteiger partial charge in [0, 0.05) is 31.2 Å². The summed E-state index contributed by atoms with van der Waals surface area (Å²) in [5, 5.41) is 0. The van der Waals surface area contributed by atoms with E-state index in [0.717, 1.165) is 0 Å². The van der Waals surface area contributed by atoms with Crippen molar-refractivity contribution in [3.63, 3.8) is 0 Å². The molecule has 0 saturated carbocycles. The van der Waals surface area contributed by atoms with Gasteiger partial charge in [0.1, 0.15) is 5.78 Å². The Balaban J connectivity index is 2.09. The predicted molar refractivity (Wildman–Crippen MR) is 79.2 cm³/mol. The van der Waals surface area contributed by atoms with E-state index < -0.39 is 11.9 Å². The lowest BCUT2D eigenvalue weighted by Crippen LogP contribution is -2.13. The summed E-state index contributed by atoms with van der Waals surface area (Å²) in [6.45, 7) is 3.91. The number of nitrogens with zero attached hydrogens (tertiary/aromatic N) is 1. The predicted octanol–water partition coefficient (Wildman–Crippen LogP) is 2.18. The third-order valence-electron chi connectivity index (χ3n) is 2.90. The largest absolute Gasteiger partial charge is 0.466 e. The zero-order chi connectivity index (χ0) is 16.4. The maximum Gasteiger partial charge on any atom is 0.339 e. The first kappa shape index (κ1) is 17.8. The van der Waals surface area contributed by atoms with Crippen LogP contribution in [0.4, 0.5) is 0 Å². The highest BCUT2D eigenvalue weighted by molar-refractivity contribution is 5.88. The van der Waals surface area contributed by atoms with E-state index in [0.29, 0.717) is 12.0 Å². The molecule has 0 spiro atoms. The molecule has 0 N–H and O–H groups in total. The second-order valence-electron chi connectivity index (χ2n) is 5.07. The SMILES string of the molecule is CC(C)C(=O)CCC(=O)OCCCOC(=O)c1cccnc1. The molecule has 1 aromatic heterocycles. The molecule has 1 rings (SSSR count). The van der Waals surface area contributed by atoms with Crippen LogP contribution in [0.25, 0.3) is 0 Å². The third-order valence-corrected chi connectivity index (χ3v) is 2.90. The van der Waals surface area contributed by atoms with E-state index in [9.17, 15) is 14.4 Å². The number of aromatic nitrogens is 1. The summed E-state index contributed by atoms with van der Waals surface area (Å²) in [5.41, 5.74) is 0.381. The molecule has 1 aromatic rings. The highest BCUT2D eigenvalue weighted by Gasteiger charge is 2.11. The van der Waals surface area contributed by atoms with Crippen molar-refractivity contribution in [2.24, 2.45) is 5.92 Å². The number of rotatable bonds is 9. The summed E-state index contributed by atoms with van der Waals surface area (Å²) in [6, 6.07) is 3.26. The first-order valence-electron chi connectivity index (χ1n) is 7.26. The van der Waals surface area contributed by atoms with Crippen LogP contribution in [-0.2, 0) is 19.1 Å². The van der Waals surface area contributed by atoms with Gasteiger partial charge in [0.25, 0.3) is 0 Å². The molecule has 120 valence electrons. The van der Waals surface area contributed by atoms with E-state index >= 15 is 0 Å². The molecule has 0 unspecified atom stereocenters. The number of carbonyl (C=O) groups excluding carboxylic acids is 3. The summed E-state index contributed by atoms with van der Waals surface area (Å²) in [5.74, 6) is -0.892. The van der Waals surface area contributed by atoms with Gasteiger partial charge in [-0.05, 0) is 12.1 Å². The minimum absolute atomic E-state index is 0.0438. The summed E-state index contributed by atoms with van der Waals surface area (Å²) in [7, 11) is 0. The van der Waals surface area contributed by atoms with Gasteiger partial charge in [-0.25, -0.2) is 4.79 Å².